The first-order chi connectivity index (χ1) is 22.4. The van der Waals surface area contributed by atoms with Gasteiger partial charge in [0.25, 0.3) is 11.8 Å². The highest BCUT2D eigenvalue weighted by Gasteiger charge is 2.23. The lowest BCUT2D eigenvalue weighted by Crippen LogP contribution is -2.30. The maximum absolute atomic E-state index is 14.5. The number of thioether (sulfide) groups is 1. The molecule has 9 heteroatoms. The standard InChI is InChI=1S/C37H30FN3O4S/c1-45-30-21-19-28(20-22-30)39-37(44)34(25-11-4-2-5-12-25)46-31-17-10-16-29(24-31)40-36(43)33(23-27-15-8-9-18-32(27)38)41-35(42)26-13-6-3-7-14-26/h2-24,34H,1H3,(H,39,44)(H,40,43)(H,41,42)/b33-23-. The van der Waals surface area contributed by atoms with Gasteiger partial charge in [0.1, 0.15) is 22.5 Å². The van der Waals surface area contributed by atoms with Crippen LogP contribution < -0.4 is 20.7 Å². The lowest BCUT2D eigenvalue weighted by Gasteiger charge is -2.18. The Morgan fingerprint density at radius 2 is 1.41 bits per heavy atom. The van der Waals surface area contributed by atoms with E-state index in [2.05, 4.69) is 16.0 Å². The minimum Gasteiger partial charge on any atom is -0.497 e. The zero-order valence-electron chi connectivity index (χ0n) is 24.8. The zero-order valence-corrected chi connectivity index (χ0v) is 25.6. The highest BCUT2D eigenvalue weighted by Crippen LogP contribution is 2.37. The predicted molar refractivity (Wildman–Crippen MR) is 180 cm³/mol. The van der Waals surface area contributed by atoms with Gasteiger partial charge in [-0.3, -0.25) is 14.4 Å². The fraction of sp³-hybridized carbons (Fsp3) is 0.0541. The van der Waals surface area contributed by atoms with Crippen LogP contribution in [0, 0.1) is 5.82 Å². The first kappa shape index (κ1) is 31.7. The molecule has 0 aliphatic heterocycles. The molecule has 0 saturated heterocycles. The van der Waals surface area contributed by atoms with Gasteiger partial charge >= 0.3 is 0 Å². The molecule has 1 unspecified atom stereocenters. The van der Waals surface area contributed by atoms with Crippen LogP contribution in [0.1, 0.15) is 26.7 Å². The maximum Gasteiger partial charge on any atom is 0.272 e. The molecule has 1 atom stereocenters. The van der Waals surface area contributed by atoms with E-state index in [1.807, 2.05) is 36.4 Å². The van der Waals surface area contributed by atoms with E-state index in [4.69, 9.17) is 4.74 Å². The van der Waals surface area contributed by atoms with Crippen LogP contribution >= 0.6 is 11.8 Å². The second-order valence-corrected chi connectivity index (χ2v) is 11.2. The van der Waals surface area contributed by atoms with Crippen LogP contribution in [0.15, 0.2) is 144 Å². The van der Waals surface area contributed by atoms with E-state index < -0.39 is 22.9 Å². The molecule has 5 aromatic rings. The van der Waals surface area contributed by atoms with Crippen molar-refractivity contribution < 1.29 is 23.5 Å². The third kappa shape index (κ3) is 8.49. The molecular weight excluding hydrogens is 601 g/mol. The molecule has 3 N–H and O–H groups in total. The smallest absolute Gasteiger partial charge is 0.272 e. The van der Waals surface area contributed by atoms with Crippen molar-refractivity contribution in [2.24, 2.45) is 0 Å². The molecule has 7 nitrogen and oxygen atoms in total. The van der Waals surface area contributed by atoms with E-state index in [0.29, 0.717) is 27.6 Å². The van der Waals surface area contributed by atoms with Crippen LogP contribution in [0.25, 0.3) is 6.08 Å². The number of carbonyl (C=O) groups is 3. The van der Waals surface area contributed by atoms with Crippen LogP contribution in [-0.4, -0.2) is 24.8 Å². The molecule has 0 saturated carbocycles. The predicted octanol–water partition coefficient (Wildman–Crippen LogP) is 7.72. The highest BCUT2D eigenvalue weighted by molar-refractivity contribution is 8.00. The molecular formula is C37H30FN3O4S. The summed E-state index contributed by atoms with van der Waals surface area (Å²) in [5, 5.41) is 7.78. The van der Waals surface area contributed by atoms with Crippen LogP contribution in [0.4, 0.5) is 15.8 Å². The Kier molecular flexibility index (Phi) is 10.6. The summed E-state index contributed by atoms with van der Waals surface area (Å²) in [5.74, 6) is -1.25. The van der Waals surface area contributed by atoms with Gasteiger partial charge in [-0.1, -0.05) is 72.8 Å². The van der Waals surface area contributed by atoms with E-state index in [1.54, 1.807) is 86.0 Å². The molecule has 230 valence electrons. The van der Waals surface area contributed by atoms with Gasteiger partial charge in [-0.2, -0.15) is 0 Å². The Morgan fingerprint density at radius 1 is 0.739 bits per heavy atom. The van der Waals surface area contributed by atoms with Gasteiger partial charge in [-0.25, -0.2) is 4.39 Å². The number of methoxy groups -OCH3 is 1. The highest BCUT2D eigenvalue weighted by atomic mass is 32.2. The molecule has 0 bridgehead atoms. The minimum absolute atomic E-state index is 0.138. The largest absolute Gasteiger partial charge is 0.497 e. The van der Waals surface area contributed by atoms with Gasteiger partial charge in [0.2, 0.25) is 5.91 Å². The van der Waals surface area contributed by atoms with E-state index >= 15 is 0 Å². The van der Waals surface area contributed by atoms with Crippen molar-refractivity contribution in [1.82, 2.24) is 5.32 Å². The van der Waals surface area contributed by atoms with Crippen LogP contribution in [0.2, 0.25) is 0 Å². The lowest BCUT2D eigenvalue weighted by molar-refractivity contribution is -0.116. The molecule has 46 heavy (non-hydrogen) atoms. The van der Waals surface area contributed by atoms with Gasteiger partial charge in [0.05, 0.1) is 7.11 Å². The summed E-state index contributed by atoms with van der Waals surface area (Å²) in [6.45, 7) is 0. The van der Waals surface area contributed by atoms with Gasteiger partial charge in [-0.15, -0.1) is 11.8 Å². The number of hydrogen-bond donors (Lipinski definition) is 3. The number of halogens is 1. The molecule has 5 rings (SSSR count). The molecule has 0 aliphatic rings. The summed E-state index contributed by atoms with van der Waals surface area (Å²) in [5.41, 5.74) is 2.18. The van der Waals surface area contributed by atoms with Gasteiger partial charge in [0.15, 0.2) is 0 Å². The number of hydrogen-bond acceptors (Lipinski definition) is 5. The van der Waals surface area contributed by atoms with Gasteiger partial charge in [0, 0.05) is 27.4 Å². The van der Waals surface area contributed by atoms with E-state index in [-0.39, 0.29) is 17.2 Å². The van der Waals surface area contributed by atoms with Crippen molar-refractivity contribution in [3.63, 3.8) is 0 Å². The number of amides is 3. The second kappa shape index (κ2) is 15.4. The normalized spacial score (nSPS) is 11.7. The average Bonchev–Trinajstić information content (AvgIpc) is 3.09. The Hall–Kier alpha value is -5.67. The summed E-state index contributed by atoms with van der Waals surface area (Å²) >= 11 is 1.32. The zero-order chi connectivity index (χ0) is 32.3. The fourth-order valence-corrected chi connectivity index (χ4v) is 5.54. The first-order valence-corrected chi connectivity index (χ1v) is 15.2. The molecule has 3 amide bonds. The fourth-order valence-electron chi connectivity index (χ4n) is 4.45. The molecule has 0 aliphatic carbocycles. The second-order valence-electron chi connectivity index (χ2n) is 10.0. The Balaban J connectivity index is 1.37. The molecule has 0 heterocycles. The number of nitrogens with one attached hydrogen (secondary N) is 3. The van der Waals surface area contributed by atoms with Crippen molar-refractivity contribution in [3.05, 3.63) is 162 Å². The van der Waals surface area contributed by atoms with Gasteiger partial charge < -0.3 is 20.7 Å². The van der Waals surface area contributed by atoms with Crippen molar-refractivity contribution in [2.75, 3.05) is 17.7 Å². The quantitative estimate of drug-likeness (QED) is 0.103. The lowest BCUT2D eigenvalue weighted by atomic mass is 10.1. The third-order valence-electron chi connectivity index (χ3n) is 6.78. The maximum atomic E-state index is 14.5. The molecule has 0 radical (unpaired) electrons. The molecule has 0 aromatic heterocycles. The van der Waals surface area contributed by atoms with Crippen LogP contribution in [-0.2, 0) is 9.59 Å². The molecule has 5 aromatic carbocycles. The van der Waals surface area contributed by atoms with Crippen molar-refractivity contribution in [2.45, 2.75) is 10.1 Å². The summed E-state index contributed by atoms with van der Waals surface area (Å²) in [7, 11) is 1.58. The van der Waals surface area contributed by atoms with Crippen LogP contribution in [0.3, 0.4) is 0 Å². The minimum atomic E-state index is -0.647. The number of benzene rings is 5. The summed E-state index contributed by atoms with van der Waals surface area (Å²) in [4.78, 5) is 40.7. The van der Waals surface area contributed by atoms with Crippen molar-refractivity contribution >= 4 is 46.9 Å². The number of rotatable bonds is 11. The summed E-state index contributed by atoms with van der Waals surface area (Å²) < 4.78 is 19.7. The number of ether oxygens (including phenoxy) is 1. The topological polar surface area (TPSA) is 96.5 Å². The summed E-state index contributed by atoms with van der Waals surface area (Å²) in [6.07, 6.45) is 1.29. The first-order valence-electron chi connectivity index (χ1n) is 14.3. The average molecular weight is 632 g/mol. The molecule has 0 spiro atoms. The van der Waals surface area contributed by atoms with E-state index in [1.165, 1.54) is 36.0 Å². The Bertz CT molecular complexity index is 1850. The summed E-state index contributed by atoms with van der Waals surface area (Å²) in [6, 6.07) is 37.8. The van der Waals surface area contributed by atoms with Crippen LogP contribution in [0.5, 0.6) is 5.75 Å². The SMILES string of the molecule is COc1ccc(NC(=O)C(Sc2cccc(NC(=O)/C(=C/c3ccccc3F)NC(=O)c3ccccc3)c2)c2ccccc2)cc1. The molecule has 0 fully saturated rings. The van der Waals surface area contributed by atoms with E-state index in [9.17, 15) is 18.8 Å². The van der Waals surface area contributed by atoms with Gasteiger partial charge in [-0.05, 0) is 72.3 Å². The van der Waals surface area contributed by atoms with Crippen molar-refractivity contribution in [3.8, 4) is 5.75 Å². The Morgan fingerprint density at radius 3 is 2.11 bits per heavy atom. The number of anilines is 2. The number of carbonyl (C=O) groups excluding carboxylic acids is 3. The third-order valence-corrected chi connectivity index (χ3v) is 8.03. The van der Waals surface area contributed by atoms with E-state index in [0.717, 1.165) is 5.56 Å². The monoisotopic (exact) mass is 631 g/mol. The Labute approximate surface area is 270 Å². The van der Waals surface area contributed by atoms with Crippen molar-refractivity contribution in [1.29, 1.82) is 0 Å².